The average Bonchev–Trinajstić information content (AvgIpc) is 3.45. The summed E-state index contributed by atoms with van der Waals surface area (Å²) in [6, 6.07) is 8.44. The van der Waals surface area contributed by atoms with Crippen molar-refractivity contribution in [3.8, 4) is 11.1 Å². The number of hydrogen-bond donors (Lipinski definition) is 0. The van der Waals surface area contributed by atoms with Crippen LogP contribution in [0.3, 0.4) is 0 Å². The van der Waals surface area contributed by atoms with E-state index in [2.05, 4.69) is 51.4 Å². The number of hydrogen-bond acceptors (Lipinski definition) is 7. The maximum atomic E-state index is 12.0. The van der Waals surface area contributed by atoms with Gasteiger partial charge < -0.3 is 4.90 Å². The number of anilines is 1. The molecule has 1 aliphatic heterocycles. The number of rotatable bonds is 5. The summed E-state index contributed by atoms with van der Waals surface area (Å²) < 4.78 is 25.9. The van der Waals surface area contributed by atoms with Gasteiger partial charge in [-0.1, -0.05) is 29.8 Å². The van der Waals surface area contributed by atoms with Crippen LogP contribution in [0, 0.1) is 20.8 Å². The van der Waals surface area contributed by atoms with E-state index >= 15 is 0 Å². The van der Waals surface area contributed by atoms with Crippen LogP contribution in [0.15, 0.2) is 36.0 Å². The molecule has 0 unspecified atom stereocenters. The number of aryl methyl sites for hydroxylation is 2. The van der Waals surface area contributed by atoms with Gasteiger partial charge in [-0.2, -0.15) is 5.10 Å². The van der Waals surface area contributed by atoms with E-state index in [0.717, 1.165) is 44.1 Å². The lowest BCUT2D eigenvalue weighted by molar-refractivity contribution is 0.485. The summed E-state index contributed by atoms with van der Waals surface area (Å²) in [4.78, 5) is 12.3. The molecule has 7 nitrogen and oxygen atoms in total. The molecule has 5 rings (SSSR count). The summed E-state index contributed by atoms with van der Waals surface area (Å²) in [5.41, 5.74) is 6.58. The van der Waals surface area contributed by atoms with Crippen LogP contribution >= 0.6 is 11.3 Å². The van der Waals surface area contributed by atoms with Gasteiger partial charge in [0.25, 0.3) is 0 Å². The summed E-state index contributed by atoms with van der Waals surface area (Å²) in [6.45, 7) is 6.75. The number of nitrogens with zero attached hydrogens (tertiary/aromatic N) is 5. The fourth-order valence-corrected chi connectivity index (χ4v) is 7.26. The van der Waals surface area contributed by atoms with E-state index in [9.17, 15) is 8.42 Å². The monoisotopic (exact) mass is 481 g/mol. The van der Waals surface area contributed by atoms with Gasteiger partial charge in [-0.3, -0.25) is 4.68 Å². The fraction of sp³-hybridized carbons (Fsp3) is 0.375. The molecule has 33 heavy (non-hydrogen) atoms. The Balaban J connectivity index is 1.50. The van der Waals surface area contributed by atoms with Crippen molar-refractivity contribution in [2.24, 2.45) is 0 Å². The van der Waals surface area contributed by atoms with E-state index in [-0.39, 0.29) is 17.5 Å². The lowest BCUT2D eigenvalue weighted by Crippen LogP contribution is -2.19. The van der Waals surface area contributed by atoms with E-state index in [0.29, 0.717) is 13.0 Å². The molecule has 1 saturated heterocycles. The topological polar surface area (TPSA) is 81.0 Å². The van der Waals surface area contributed by atoms with Gasteiger partial charge in [0.05, 0.1) is 28.6 Å². The quantitative estimate of drug-likeness (QED) is 0.418. The first-order valence-electron chi connectivity index (χ1n) is 11.0. The Bertz CT molecular complexity index is 1440. The van der Waals surface area contributed by atoms with Gasteiger partial charge in [-0.15, -0.1) is 11.3 Å². The Hall–Kier alpha value is -2.78. The molecule has 1 fully saturated rings. The SMILES string of the molecule is Cc1ccc(-c2csc3ncnc(N(C)Cc4c(C)nn([C@@H]5CCS(=O)(=O)C5)c4C)c23)cc1. The highest BCUT2D eigenvalue weighted by molar-refractivity contribution is 7.91. The molecule has 0 amide bonds. The second-order valence-electron chi connectivity index (χ2n) is 8.90. The van der Waals surface area contributed by atoms with Gasteiger partial charge >= 0.3 is 0 Å². The number of aromatic nitrogens is 4. The standard InChI is InChI=1S/C24H27N5O2S2/c1-15-5-7-18(8-6-15)21-12-32-24-22(21)23(25-14-26-24)28(4)11-20-16(2)27-29(17(20)3)19-9-10-33(30,31)13-19/h5-8,12,14,19H,9-11,13H2,1-4H3/t19-/m1/s1. The minimum atomic E-state index is -2.97. The third-order valence-electron chi connectivity index (χ3n) is 6.50. The molecule has 1 aromatic carbocycles. The zero-order chi connectivity index (χ0) is 23.3. The van der Waals surface area contributed by atoms with Crippen LogP contribution < -0.4 is 4.90 Å². The highest BCUT2D eigenvalue weighted by atomic mass is 32.2. The second-order valence-corrected chi connectivity index (χ2v) is 12.0. The molecule has 1 aliphatic rings. The van der Waals surface area contributed by atoms with Crippen molar-refractivity contribution >= 4 is 37.2 Å². The lowest BCUT2D eigenvalue weighted by atomic mass is 10.0. The van der Waals surface area contributed by atoms with Gasteiger partial charge in [-0.05, 0) is 32.8 Å². The van der Waals surface area contributed by atoms with Gasteiger partial charge in [0.15, 0.2) is 9.84 Å². The molecule has 1 atom stereocenters. The smallest absolute Gasteiger partial charge is 0.152 e. The van der Waals surface area contributed by atoms with Crippen LogP contribution in [0.1, 0.15) is 35.0 Å². The van der Waals surface area contributed by atoms with E-state index < -0.39 is 9.84 Å². The number of fused-ring (bicyclic) bond motifs is 1. The van der Waals surface area contributed by atoms with Crippen molar-refractivity contribution in [2.45, 2.75) is 39.8 Å². The Morgan fingerprint density at radius 2 is 1.91 bits per heavy atom. The molecule has 0 bridgehead atoms. The molecular formula is C24H27N5O2S2. The molecule has 4 aromatic rings. The zero-order valence-electron chi connectivity index (χ0n) is 19.2. The molecule has 0 radical (unpaired) electrons. The van der Waals surface area contributed by atoms with Crippen molar-refractivity contribution < 1.29 is 8.42 Å². The normalized spacial score (nSPS) is 17.6. The highest BCUT2D eigenvalue weighted by Crippen LogP contribution is 2.38. The molecular weight excluding hydrogens is 454 g/mol. The van der Waals surface area contributed by atoms with E-state index in [4.69, 9.17) is 5.10 Å². The largest absolute Gasteiger partial charge is 0.355 e. The minimum absolute atomic E-state index is 0.0801. The van der Waals surface area contributed by atoms with Crippen molar-refractivity contribution in [1.29, 1.82) is 0 Å². The van der Waals surface area contributed by atoms with Crippen LogP contribution in [0.5, 0.6) is 0 Å². The van der Waals surface area contributed by atoms with Gasteiger partial charge in [-0.25, -0.2) is 18.4 Å². The van der Waals surface area contributed by atoms with Crippen LogP contribution in [0.2, 0.25) is 0 Å². The summed E-state index contributed by atoms with van der Waals surface area (Å²) >= 11 is 1.63. The summed E-state index contributed by atoms with van der Waals surface area (Å²) in [7, 11) is -0.933. The van der Waals surface area contributed by atoms with Crippen LogP contribution in [0.25, 0.3) is 21.3 Å². The van der Waals surface area contributed by atoms with Crippen LogP contribution in [-0.2, 0) is 16.4 Å². The Kier molecular flexibility index (Phi) is 5.49. The molecule has 0 aliphatic carbocycles. The van der Waals surface area contributed by atoms with Gasteiger partial charge in [0.1, 0.15) is 17.0 Å². The molecule has 0 saturated carbocycles. The number of sulfone groups is 1. The van der Waals surface area contributed by atoms with Crippen molar-refractivity contribution in [3.63, 3.8) is 0 Å². The van der Waals surface area contributed by atoms with Gasteiger partial charge in [0.2, 0.25) is 0 Å². The van der Waals surface area contributed by atoms with E-state index in [1.165, 1.54) is 5.56 Å². The molecule has 172 valence electrons. The van der Waals surface area contributed by atoms with Crippen molar-refractivity contribution in [2.75, 3.05) is 23.5 Å². The third kappa shape index (κ3) is 4.04. The van der Waals surface area contributed by atoms with Crippen LogP contribution in [0.4, 0.5) is 5.82 Å². The molecule has 4 heterocycles. The number of thiophene rings is 1. The molecule has 0 spiro atoms. The lowest BCUT2D eigenvalue weighted by Gasteiger charge is -2.20. The minimum Gasteiger partial charge on any atom is -0.355 e. The first-order chi connectivity index (χ1) is 15.7. The maximum absolute atomic E-state index is 12.0. The Morgan fingerprint density at radius 1 is 1.15 bits per heavy atom. The molecule has 0 N–H and O–H groups in total. The Labute approximate surface area is 198 Å². The predicted molar refractivity (Wildman–Crippen MR) is 134 cm³/mol. The average molecular weight is 482 g/mol. The van der Waals surface area contributed by atoms with Gasteiger partial charge in [0, 0.05) is 35.8 Å². The van der Waals surface area contributed by atoms with Crippen molar-refractivity contribution in [1.82, 2.24) is 19.7 Å². The fourth-order valence-electron chi connectivity index (χ4n) is 4.66. The Morgan fingerprint density at radius 3 is 2.61 bits per heavy atom. The first-order valence-corrected chi connectivity index (χ1v) is 13.7. The second kappa shape index (κ2) is 8.22. The zero-order valence-corrected chi connectivity index (χ0v) is 20.9. The third-order valence-corrected chi connectivity index (χ3v) is 9.14. The summed E-state index contributed by atoms with van der Waals surface area (Å²) in [6.07, 6.45) is 2.25. The van der Waals surface area contributed by atoms with Crippen LogP contribution in [-0.4, -0.2) is 46.7 Å². The van der Waals surface area contributed by atoms with E-state index in [1.807, 2.05) is 25.6 Å². The molecule has 9 heteroatoms. The molecule has 3 aromatic heterocycles. The number of benzene rings is 1. The van der Waals surface area contributed by atoms with E-state index in [1.54, 1.807) is 17.7 Å². The maximum Gasteiger partial charge on any atom is 0.152 e. The predicted octanol–water partition coefficient (Wildman–Crippen LogP) is 4.48. The summed E-state index contributed by atoms with van der Waals surface area (Å²) in [5.74, 6) is 1.29. The first kappa shape index (κ1) is 22.0. The summed E-state index contributed by atoms with van der Waals surface area (Å²) in [5, 5.41) is 7.93. The van der Waals surface area contributed by atoms with Crippen molar-refractivity contribution in [3.05, 3.63) is 58.5 Å². The highest BCUT2D eigenvalue weighted by Gasteiger charge is 2.31.